The number of aryl methyl sites for hydroxylation is 1. The van der Waals surface area contributed by atoms with Crippen molar-refractivity contribution in [3.05, 3.63) is 65.4 Å². The van der Waals surface area contributed by atoms with E-state index in [9.17, 15) is 13.2 Å². The topological polar surface area (TPSA) is 79.6 Å². The second-order valence-electron chi connectivity index (χ2n) is 5.17. The Balaban J connectivity index is 1.88. The van der Waals surface area contributed by atoms with Gasteiger partial charge in [0.2, 0.25) is 5.89 Å². The minimum Gasteiger partial charge on any atom is -0.445 e. The van der Waals surface area contributed by atoms with Crippen molar-refractivity contribution in [3.8, 4) is 0 Å². The highest BCUT2D eigenvalue weighted by Crippen LogP contribution is 2.31. The molecule has 1 aromatic carbocycles. The Morgan fingerprint density at radius 1 is 1.29 bits per heavy atom. The Bertz CT molecular complexity index is 798. The first-order valence-corrected chi connectivity index (χ1v) is 7.10. The van der Waals surface area contributed by atoms with Gasteiger partial charge in [0, 0.05) is 0 Å². The van der Waals surface area contributed by atoms with Gasteiger partial charge in [-0.2, -0.15) is 18.3 Å². The van der Waals surface area contributed by atoms with E-state index in [4.69, 9.17) is 4.42 Å². The van der Waals surface area contributed by atoms with Crippen LogP contribution in [-0.4, -0.2) is 20.2 Å². The number of nitrogens with zero attached hydrogens (tertiary/aromatic N) is 3. The van der Waals surface area contributed by atoms with Gasteiger partial charge in [-0.1, -0.05) is 12.1 Å². The van der Waals surface area contributed by atoms with Crippen LogP contribution in [-0.2, 0) is 12.7 Å². The first-order valence-electron chi connectivity index (χ1n) is 7.10. The van der Waals surface area contributed by atoms with Gasteiger partial charge in [0.1, 0.15) is 17.9 Å². The molecule has 24 heavy (non-hydrogen) atoms. The van der Waals surface area contributed by atoms with E-state index >= 15 is 0 Å². The predicted octanol–water partition coefficient (Wildman–Crippen LogP) is 3.00. The largest absolute Gasteiger partial charge is 0.445 e. The summed E-state index contributed by atoms with van der Waals surface area (Å²) < 4.78 is 44.2. The summed E-state index contributed by atoms with van der Waals surface area (Å²) in [7, 11) is 0. The van der Waals surface area contributed by atoms with Crippen molar-refractivity contribution in [2.75, 3.05) is 0 Å². The quantitative estimate of drug-likeness (QED) is 0.748. The number of benzene rings is 1. The molecule has 3 aromatic rings. The first kappa shape index (κ1) is 16.2. The molecule has 9 heteroatoms. The minimum atomic E-state index is -4.42. The monoisotopic (exact) mass is 337 g/mol. The molecular weight excluding hydrogens is 323 g/mol. The molecule has 0 radical (unpaired) electrons. The normalized spacial score (nSPS) is 13.2. The number of H-pyrrole nitrogens is 1. The number of hydrogen-bond donors (Lipinski definition) is 2. The number of hydrogen-bond acceptors (Lipinski definition) is 5. The molecule has 1 atom stereocenters. The van der Waals surface area contributed by atoms with Crippen molar-refractivity contribution in [1.82, 2.24) is 25.5 Å². The van der Waals surface area contributed by atoms with Crippen molar-refractivity contribution < 1.29 is 17.6 Å². The van der Waals surface area contributed by atoms with E-state index < -0.39 is 17.8 Å². The number of oxazole rings is 1. The molecule has 126 valence electrons. The molecule has 0 aliphatic heterocycles. The Hall–Kier alpha value is -2.68. The van der Waals surface area contributed by atoms with E-state index in [2.05, 4.69) is 25.5 Å². The van der Waals surface area contributed by atoms with Gasteiger partial charge in [0.05, 0.1) is 24.3 Å². The fraction of sp³-hybridized carbons (Fsp3) is 0.267. The van der Waals surface area contributed by atoms with E-state index in [0.29, 0.717) is 23.0 Å². The van der Waals surface area contributed by atoms with E-state index in [-0.39, 0.29) is 6.54 Å². The number of halogens is 3. The van der Waals surface area contributed by atoms with Crippen molar-refractivity contribution in [2.24, 2.45) is 0 Å². The lowest BCUT2D eigenvalue weighted by atomic mass is 10.0. The standard InChI is InChI=1S/C15H14F3N5O/c1-9-6-19-12(24-9)7-20-13(14-21-8-22-23-14)10-3-2-4-11(5-10)15(16,17)18/h2-6,8,13,20H,7H2,1H3,(H,21,22,23)/t13-/m0/s1. The van der Waals surface area contributed by atoms with Crippen LogP contribution >= 0.6 is 0 Å². The third-order valence-corrected chi connectivity index (χ3v) is 3.38. The fourth-order valence-electron chi connectivity index (χ4n) is 2.29. The van der Waals surface area contributed by atoms with Gasteiger partial charge in [0.25, 0.3) is 0 Å². The van der Waals surface area contributed by atoms with Crippen molar-refractivity contribution in [3.63, 3.8) is 0 Å². The second kappa shape index (κ2) is 6.44. The zero-order valence-electron chi connectivity index (χ0n) is 12.6. The van der Waals surface area contributed by atoms with E-state index in [1.807, 2.05) is 0 Å². The molecule has 0 aliphatic rings. The maximum Gasteiger partial charge on any atom is 0.416 e. The lowest BCUT2D eigenvalue weighted by molar-refractivity contribution is -0.137. The predicted molar refractivity (Wildman–Crippen MR) is 77.7 cm³/mol. The van der Waals surface area contributed by atoms with E-state index in [0.717, 1.165) is 12.1 Å². The fourth-order valence-corrected chi connectivity index (χ4v) is 2.29. The van der Waals surface area contributed by atoms with Crippen LogP contribution in [0.25, 0.3) is 0 Å². The lowest BCUT2D eigenvalue weighted by Gasteiger charge is -2.17. The summed E-state index contributed by atoms with van der Waals surface area (Å²) in [5, 5.41) is 9.53. The number of aromatic amines is 1. The van der Waals surface area contributed by atoms with E-state index in [1.54, 1.807) is 19.2 Å². The van der Waals surface area contributed by atoms with Gasteiger partial charge in [-0.25, -0.2) is 9.97 Å². The summed E-state index contributed by atoms with van der Waals surface area (Å²) in [6, 6.07) is 4.45. The number of rotatable bonds is 5. The summed E-state index contributed by atoms with van der Waals surface area (Å²) in [5.74, 6) is 1.49. The number of aromatic nitrogens is 4. The molecule has 0 unspecified atom stereocenters. The summed E-state index contributed by atoms with van der Waals surface area (Å²) in [6.07, 6.45) is -1.54. The molecule has 0 amide bonds. The molecule has 6 nitrogen and oxygen atoms in total. The average molecular weight is 337 g/mol. The minimum absolute atomic E-state index is 0.232. The highest BCUT2D eigenvalue weighted by Gasteiger charge is 2.31. The zero-order valence-corrected chi connectivity index (χ0v) is 12.6. The van der Waals surface area contributed by atoms with Crippen molar-refractivity contribution >= 4 is 0 Å². The smallest absolute Gasteiger partial charge is 0.416 e. The van der Waals surface area contributed by atoms with Crippen LogP contribution in [0.4, 0.5) is 13.2 Å². The van der Waals surface area contributed by atoms with Gasteiger partial charge in [-0.05, 0) is 24.6 Å². The van der Waals surface area contributed by atoms with Crippen LogP contribution < -0.4 is 5.32 Å². The van der Waals surface area contributed by atoms with Gasteiger partial charge < -0.3 is 4.42 Å². The Morgan fingerprint density at radius 3 is 2.75 bits per heavy atom. The van der Waals surface area contributed by atoms with Crippen LogP contribution in [0.15, 0.2) is 41.2 Å². The molecule has 0 bridgehead atoms. The second-order valence-corrected chi connectivity index (χ2v) is 5.17. The lowest BCUT2D eigenvalue weighted by Crippen LogP contribution is -2.24. The van der Waals surface area contributed by atoms with Crippen LogP contribution in [0.5, 0.6) is 0 Å². The molecule has 2 heterocycles. The van der Waals surface area contributed by atoms with Crippen LogP contribution in [0, 0.1) is 6.92 Å². The average Bonchev–Trinajstić information content (AvgIpc) is 3.19. The third kappa shape index (κ3) is 3.62. The number of alkyl halides is 3. The highest BCUT2D eigenvalue weighted by molar-refractivity contribution is 5.31. The zero-order chi connectivity index (χ0) is 17.2. The summed E-state index contributed by atoms with van der Waals surface area (Å²) in [6.45, 7) is 1.99. The van der Waals surface area contributed by atoms with Gasteiger partial charge >= 0.3 is 6.18 Å². The molecule has 0 fully saturated rings. The van der Waals surface area contributed by atoms with Crippen LogP contribution in [0.3, 0.4) is 0 Å². The summed E-state index contributed by atoms with van der Waals surface area (Å²) >= 11 is 0. The number of nitrogens with one attached hydrogen (secondary N) is 2. The van der Waals surface area contributed by atoms with Gasteiger partial charge in [-0.15, -0.1) is 0 Å². The van der Waals surface area contributed by atoms with E-state index in [1.165, 1.54) is 12.4 Å². The van der Waals surface area contributed by atoms with Crippen molar-refractivity contribution in [2.45, 2.75) is 25.7 Å². The van der Waals surface area contributed by atoms with Gasteiger partial charge in [0.15, 0.2) is 0 Å². The summed E-state index contributed by atoms with van der Waals surface area (Å²) in [4.78, 5) is 8.10. The van der Waals surface area contributed by atoms with Crippen LogP contribution in [0.1, 0.15) is 34.6 Å². The highest BCUT2D eigenvalue weighted by atomic mass is 19.4. The molecule has 0 aliphatic carbocycles. The summed E-state index contributed by atoms with van der Waals surface area (Å²) in [5.41, 5.74) is -0.317. The van der Waals surface area contributed by atoms with Crippen LogP contribution in [0.2, 0.25) is 0 Å². The molecule has 0 saturated heterocycles. The molecule has 3 rings (SSSR count). The van der Waals surface area contributed by atoms with Gasteiger partial charge in [-0.3, -0.25) is 10.4 Å². The Labute approximate surface area is 135 Å². The molecule has 2 N–H and O–H groups in total. The molecule has 0 spiro atoms. The maximum absolute atomic E-state index is 12.9. The Kier molecular flexibility index (Phi) is 4.34. The third-order valence-electron chi connectivity index (χ3n) is 3.38. The first-order chi connectivity index (χ1) is 11.4. The molecule has 0 saturated carbocycles. The Morgan fingerprint density at radius 2 is 2.12 bits per heavy atom. The SMILES string of the molecule is Cc1cnc(CN[C@@H](c2cccc(C(F)(F)F)c2)c2ncn[nH]2)o1. The maximum atomic E-state index is 12.9. The van der Waals surface area contributed by atoms with Crippen molar-refractivity contribution in [1.29, 1.82) is 0 Å². The molecular formula is C15H14F3N5O. The molecule has 2 aromatic heterocycles.